The minimum Gasteiger partial charge on any atom is -0.339 e. The van der Waals surface area contributed by atoms with Gasteiger partial charge in [0.05, 0.1) is 5.56 Å². The average molecular weight is 578 g/mol. The molecule has 222 valence electrons. The Morgan fingerprint density at radius 3 is 2.23 bits per heavy atom. The molecular formula is C35H39N5O3. The van der Waals surface area contributed by atoms with Crippen LogP contribution >= 0.6 is 0 Å². The Kier molecular flexibility index (Phi) is 8.48. The van der Waals surface area contributed by atoms with Gasteiger partial charge in [0, 0.05) is 49.3 Å². The summed E-state index contributed by atoms with van der Waals surface area (Å²) in [6, 6.07) is 18.7. The van der Waals surface area contributed by atoms with Crippen molar-refractivity contribution in [3.05, 3.63) is 106 Å². The highest BCUT2D eigenvalue weighted by Gasteiger charge is 2.19. The van der Waals surface area contributed by atoms with Gasteiger partial charge < -0.3 is 20.1 Å². The standard InChI is InChI=1S/C35H39N5O3/c1-23-28(10-9-11-29(23)38-32(41)24-12-15-27(16-13-24)35(2,3)4)26-20-30(34(43)39(5)22-26)37-31-17-14-25(21-36-31)33(42)40-18-7-6-8-19-40/h9-17,20-22H,6-8,18-19H2,1-5H3,(H,36,37)(H,38,41). The highest BCUT2D eigenvalue weighted by atomic mass is 16.2. The molecule has 2 aromatic carbocycles. The minimum atomic E-state index is -0.208. The molecule has 1 aliphatic rings. The zero-order chi connectivity index (χ0) is 30.7. The molecule has 2 N–H and O–H groups in total. The lowest BCUT2D eigenvalue weighted by molar-refractivity contribution is 0.0723. The van der Waals surface area contributed by atoms with E-state index in [0.29, 0.717) is 28.3 Å². The molecule has 0 radical (unpaired) electrons. The second kappa shape index (κ2) is 12.3. The number of anilines is 3. The molecule has 5 rings (SSSR count). The molecule has 1 saturated heterocycles. The Hall–Kier alpha value is -4.72. The van der Waals surface area contributed by atoms with Crippen LogP contribution in [0.15, 0.2) is 77.9 Å². The molecule has 3 heterocycles. The number of rotatable bonds is 6. The summed E-state index contributed by atoms with van der Waals surface area (Å²) in [7, 11) is 1.70. The minimum absolute atomic E-state index is 0.00875. The number of carbonyl (C=O) groups is 2. The van der Waals surface area contributed by atoms with Gasteiger partial charge in [-0.3, -0.25) is 14.4 Å². The van der Waals surface area contributed by atoms with E-state index in [1.807, 2.05) is 54.3 Å². The third kappa shape index (κ3) is 6.69. The molecule has 0 aliphatic carbocycles. The summed E-state index contributed by atoms with van der Waals surface area (Å²) in [5.74, 6) is 0.275. The SMILES string of the molecule is Cc1c(NC(=O)c2ccc(C(C)(C)C)cc2)cccc1-c1cc(Nc2ccc(C(=O)N3CCCCC3)cn2)c(=O)n(C)c1. The molecule has 0 bridgehead atoms. The predicted octanol–water partition coefficient (Wildman–Crippen LogP) is 6.68. The van der Waals surface area contributed by atoms with E-state index in [2.05, 4.69) is 36.4 Å². The average Bonchev–Trinajstić information content (AvgIpc) is 3.00. The van der Waals surface area contributed by atoms with Gasteiger partial charge in [-0.2, -0.15) is 0 Å². The fourth-order valence-electron chi connectivity index (χ4n) is 5.36. The number of hydrogen-bond donors (Lipinski definition) is 2. The van der Waals surface area contributed by atoms with Gasteiger partial charge in [0.25, 0.3) is 17.4 Å². The smallest absolute Gasteiger partial charge is 0.274 e. The van der Waals surface area contributed by atoms with Crippen LogP contribution < -0.4 is 16.2 Å². The van der Waals surface area contributed by atoms with Gasteiger partial charge in [-0.1, -0.05) is 45.0 Å². The van der Waals surface area contributed by atoms with Crippen molar-refractivity contribution in [1.29, 1.82) is 0 Å². The number of nitrogens with one attached hydrogen (secondary N) is 2. The predicted molar refractivity (Wildman–Crippen MR) is 172 cm³/mol. The van der Waals surface area contributed by atoms with Crippen molar-refractivity contribution in [3.63, 3.8) is 0 Å². The van der Waals surface area contributed by atoms with Gasteiger partial charge >= 0.3 is 0 Å². The Morgan fingerprint density at radius 1 is 0.884 bits per heavy atom. The summed E-state index contributed by atoms with van der Waals surface area (Å²) < 4.78 is 1.52. The van der Waals surface area contributed by atoms with Crippen LogP contribution in [0.2, 0.25) is 0 Å². The number of aryl methyl sites for hydroxylation is 1. The molecule has 0 unspecified atom stereocenters. The van der Waals surface area contributed by atoms with Crippen LogP contribution in [-0.4, -0.2) is 39.4 Å². The van der Waals surface area contributed by atoms with Crippen molar-refractivity contribution in [3.8, 4) is 11.1 Å². The summed E-state index contributed by atoms with van der Waals surface area (Å²) in [4.78, 5) is 45.2. The van der Waals surface area contributed by atoms with Crippen molar-refractivity contribution in [1.82, 2.24) is 14.5 Å². The molecule has 8 nitrogen and oxygen atoms in total. The largest absolute Gasteiger partial charge is 0.339 e. The van der Waals surface area contributed by atoms with E-state index in [1.165, 1.54) is 10.1 Å². The monoisotopic (exact) mass is 577 g/mol. The van der Waals surface area contributed by atoms with Gasteiger partial charge in [-0.05, 0) is 84.7 Å². The van der Waals surface area contributed by atoms with Crippen LogP contribution in [0.3, 0.4) is 0 Å². The van der Waals surface area contributed by atoms with Crippen molar-refractivity contribution in [2.45, 2.75) is 52.4 Å². The van der Waals surface area contributed by atoms with Crippen molar-refractivity contribution in [2.75, 3.05) is 23.7 Å². The number of pyridine rings is 2. The number of piperidine rings is 1. The molecular weight excluding hydrogens is 538 g/mol. The van der Waals surface area contributed by atoms with Crippen LogP contribution in [0.4, 0.5) is 17.2 Å². The molecule has 0 spiro atoms. The van der Waals surface area contributed by atoms with E-state index in [9.17, 15) is 14.4 Å². The number of carbonyl (C=O) groups excluding carboxylic acids is 2. The molecule has 8 heteroatoms. The van der Waals surface area contributed by atoms with E-state index in [0.717, 1.165) is 49.0 Å². The number of aromatic nitrogens is 2. The maximum absolute atomic E-state index is 13.1. The first-order valence-electron chi connectivity index (χ1n) is 14.8. The maximum atomic E-state index is 13.1. The third-order valence-corrected chi connectivity index (χ3v) is 8.01. The van der Waals surface area contributed by atoms with Crippen molar-refractivity contribution >= 4 is 29.0 Å². The van der Waals surface area contributed by atoms with E-state index < -0.39 is 0 Å². The Balaban J connectivity index is 1.35. The Bertz CT molecular complexity index is 1690. The highest BCUT2D eigenvalue weighted by molar-refractivity contribution is 6.05. The first-order valence-corrected chi connectivity index (χ1v) is 14.8. The Labute approximate surface area is 252 Å². The van der Waals surface area contributed by atoms with E-state index in [-0.39, 0.29) is 22.8 Å². The van der Waals surface area contributed by atoms with Crippen LogP contribution in [0.5, 0.6) is 0 Å². The lowest BCUT2D eigenvalue weighted by Crippen LogP contribution is -2.35. The quantitative estimate of drug-likeness (QED) is 0.267. The molecule has 2 aromatic heterocycles. The fraction of sp³-hybridized carbons (Fsp3) is 0.314. The lowest BCUT2D eigenvalue weighted by atomic mass is 9.86. The topological polar surface area (TPSA) is 96.3 Å². The maximum Gasteiger partial charge on any atom is 0.274 e. The molecule has 1 fully saturated rings. The second-order valence-electron chi connectivity index (χ2n) is 12.2. The third-order valence-electron chi connectivity index (χ3n) is 8.01. The summed E-state index contributed by atoms with van der Waals surface area (Å²) in [5.41, 5.74) is 5.71. The van der Waals surface area contributed by atoms with Gasteiger partial charge in [0.1, 0.15) is 11.5 Å². The first kappa shape index (κ1) is 29.8. The fourth-order valence-corrected chi connectivity index (χ4v) is 5.36. The van der Waals surface area contributed by atoms with E-state index in [1.54, 1.807) is 37.6 Å². The zero-order valence-electron chi connectivity index (χ0n) is 25.5. The van der Waals surface area contributed by atoms with Crippen LogP contribution in [-0.2, 0) is 12.5 Å². The van der Waals surface area contributed by atoms with Gasteiger partial charge in [-0.25, -0.2) is 4.98 Å². The van der Waals surface area contributed by atoms with E-state index in [4.69, 9.17) is 0 Å². The van der Waals surface area contributed by atoms with Gasteiger partial charge in [0.2, 0.25) is 0 Å². The van der Waals surface area contributed by atoms with Gasteiger partial charge in [-0.15, -0.1) is 0 Å². The lowest BCUT2D eigenvalue weighted by Gasteiger charge is -2.26. The Morgan fingerprint density at radius 2 is 1.58 bits per heavy atom. The second-order valence-corrected chi connectivity index (χ2v) is 12.2. The summed E-state index contributed by atoms with van der Waals surface area (Å²) in [5, 5.41) is 6.18. The number of hydrogen-bond acceptors (Lipinski definition) is 5. The zero-order valence-corrected chi connectivity index (χ0v) is 25.5. The van der Waals surface area contributed by atoms with Crippen molar-refractivity contribution < 1.29 is 9.59 Å². The van der Waals surface area contributed by atoms with Gasteiger partial charge in [0.15, 0.2) is 0 Å². The number of benzene rings is 2. The normalized spacial score (nSPS) is 13.5. The molecule has 0 saturated carbocycles. The van der Waals surface area contributed by atoms with Crippen LogP contribution in [0.1, 0.15) is 71.9 Å². The number of amides is 2. The molecule has 43 heavy (non-hydrogen) atoms. The van der Waals surface area contributed by atoms with Crippen molar-refractivity contribution in [2.24, 2.45) is 7.05 Å². The molecule has 0 atom stereocenters. The number of likely N-dealkylation sites (tertiary alicyclic amines) is 1. The van der Waals surface area contributed by atoms with Crippen LogP contribution in [0, 0.1) is 6.92 Å². The molecule has 4 aromatic rings. The molecule has 1 aliphatic heterocycles. The summed E-state index contributed by atoms with van der Waals surface area (Å²) in [6.07, 6.45) is 6.54. The molecule has 2 amide bonds. The van der Waals surface area contributed by atoms with E-state index >= 15 is 0 Å². The number of nitrogens with zero attached hydrogens (tertiary/aromatic N) is 3. The first-order chi connectivity index (χ1) is 20.5. The highest BCUT2D eigenvalue weighted by Crippen LogP contribution is 2.30. The van der Waals surface area contributed by atoms with Crippen LogP contribution in [0.25, 0.3) is 11.1 Å². The summed E-state index contributed by atoms with van der Waals surface area (Å²) >= 11 is 0. The summed E-state index contributed by atoms with van der Waals surface area (Å²) in [6.45, 7) is 9.92.